The van der Waals surface area contributed by atoms with Gasteiger partial charge in [-0.15, -0.1) is 0 Å². The van der Waals surface area contributed by atoms with Crippen molar-refractivity contribution in [3.05, 3.63) is 35.9 Å². The van der Waals surface area contributed by atoms with Gasteiger partial charge in [-0.05, 0) is 11.0 Å². The monoisotopic (exact) mass is 263 g/mol. The predicted molar refractivity (Wildman–Crippen MR) is 78.4 cm³/mol. The van der Waals surface area contributed by atoms with Crippen molar-refractivity contribution < 1.29 is 9.90 Å². The third-order valence-corrected chi connectivity index (χ3v) is 3.36. The Balaban J connectivity index is 2.50. The number of hydrogen-bond donors (Lipinski definition) is 2. The second kappa shape index (κ2) is 6.20. The molecule has 0 aliphatic heterocycles. The first kappa shape index (κ1) is 15.7. The maximum absolute atomic E-state index is 10.8. The van der Waals surface area contributed by atoms with Crippen LogP contribution in [0.2, 0.25) is 0 Å². The Hall–Kier alpha value is -1.35. The van der Waals surface area contributed by atoms with Crippen molar-refractivity contribution in [3.63, 3.8) is 0 Å². The summed E-state index contributed by atoms with van der Waals surface area (Å²) in [6.45, 7) is 9.88. The molecule has 0 radical (unpaired) electrons. The molecule has 0 amide bonds. The van der Waals surface area contributed by atoms with Crippen LogP contribution in [0.5, 0.6) is 0 Å². The van der Waals surface area contributed by atoms with Crippen molar-refractivity contribution >= 4 is 5.97 Å². The van der Waals surface area contributed by atoms with Crippen molar-refractivity contribution in [2.24, 2.45) is 5.41 Å². The van der Waals surface area contributed by atoms with Crippen LogP contribution in [0.25, 0.3) is 0 Å². The van der Waals surface area contributed by atoms with Crippen molar-refractivity contribution in [1.29, 1.82) is 0 Å². The van der Waals surface area contributed by atoms with Gasteiger partial charge in [0.25, 0.3) is 0 Å². The molecule has 3 heteroatoms. The normalized spacial score (nSPS) is 12.4. The summed E-state index contributed by atoms with van der Waals surface area (Å²) in [5, 5.41) is 12.3. The molecular weight excluding hydrogens is 238 g/mol. The number of hydrogen-bond acceptors (Lipinski definition) is 2. The molecule has 0 unspecified atom stereocenters. The standard InChI is InChI=1S/C16H25NO2/c1-15(2,10-14(18)19)11-17-12-16(3,4)13-8-6-5-7-9-13/h5-9,17H,10-12H2,1-4H3,(H,18,19). The maximum atomic E-state index is 10.8. The maximum Gasteiger partial charge on any atom is 0.303 e. The van der Waals surface area contributed by atoms with Gasteiger partial charge in [-0.1, -0.05) is 58.0 Å². The van der Waals surface area contributed by atoms with Gasteiger partial charge in [-0.25, -0.2) is 0 Å². The molecule has 0 aromatic heterocycles. The molecule has 0 atom stereocenters. The molecule has 0 spiro atoms. The lowest BCUT2D eigenvalue weighted by atomic mass is 9.83. The minimum Gasteiger partial charge on any atom is -0.481 e. The van der Waals surface area contributed by atoms with Gasteiger partial charge in [0.05, 0.1) is 6.42 Å². The number of aliphatic carboxylic acids is 1. The van der Waals surface area contributed by atoms with Gasteiger partial charge in [0.15, 0.2) is 0 Å². The van der Waals surface area contributed by atoms with Crippen LogP contribution >= 0.6 is 0 Å². The van der Waals surface area contributed by atoms with Crippen LogP contribution in [0.1, 0.15) is 39.7 Å². The average Bonchev–Trinajstić information content (AvgIpc) is 2.27. The second-order valence-corrected chi connectivity index (χ2v) is 6.59. The predicted octanol–water partition coefficient (Wildman–Crippen LogP) is 3.05. The molecule has 19 heavy (non-hydrogen) atoms. The second-order valence-electron chi connectivity index (χ2n) is 6.59. The highest BCUT2D eigenvalue weighted by molar-refractivity contribution is 5.67. The van der Waals surface area contributed by atoms with Crippen molar-refractivity contribution in [1.82, 2.24) is 5.32 Å². The van der Waals surface area contributed by atoms with E-state index in [0.29, 0.717) is 6.54 Å². The number of nitrogens with one attached hydrogen (secondary N) is 1. The molecule has 0 bridgehead atoms. The van der Waals surface area contributed by atoms with E-state index in [0.717, 1.165) is 6.54 Å². The smallest absolute Gasteiger partial charge is 0.303 e. The minimum absolute atomic E-state index is 0.0422. The number of carboxylic acids is 1. The van der Waals surface area contributed by atoms with Crippen molar-refractivity contribution in [2.75, 3.05) is 13.1 Å². The molecule has 3 nitrogen and oxygen atoms in total. The topological polar surface area (TPSA) is 49.3 Å². The van der Waals surface area contributed by atoms with Crippen LogP contribution in [0.3, 0.4) is 0 Å². The van der Waals surface area contributed by atoms with Gasteiger partial charge in [0, 0.05) is 18.5 Å². The van der Waals surface area contributed by atoms with E-state index in [1.807, 2.05) is 32.0 Å². The fourth-order valence-corrected chi connectivity index (χ4v) is 2.18. The van der Waals surface area contributed by atoms with Crippen LogP contribution in [0.15, 0.2) is 30.3 Å². The number of carbonyl (C=O) groups is 1. The summed E-state index contributed by atoms with van der Waals surface area (Å²) in [5.74, 6) is -0.742. The summed E-state index contributed by atoms with van der Waals surface area (Å²) in [5.41, 5.74) is 1.11. The fourth-order valence-electron chi connectivity index (χ4n) is 2.18. The van der Waals surface area contributed by atoms with Crippen LogP contribution in [0.4, 0.5) is 0 Å². The Morgan fingerprint density at radius 3 is 2.21 bits per heavy atom. The van der Waals surface area contributed by atoms with E-state index in [1.54, 1.807) is 0 Å². The first-order valence-electron chi connectivity index (χ1n) is 6.71. The zero-order valence-electron chi connectivity index (χ0n) is 12.4. The van der Waals surface area contributed by atoms with E-state index in [-0.39, 0.29) is 17.3 Å². The van der Waals surface area contributed by atoms with E-state index < -0.39 is 5.97 Å². The van der Waals surface area contributed by atoms with E-state index in [2.05, 4.69) is 31.3 Å². The number of benzene rings is 1. The van der Waals surface area contributed by atoms with Gasteiger partial charge < -0.3 is 10.4 Å². The molecule has 0 saturated heterocycles. The largest absolute Gasteiger partial charge is 0.481 e. The summed E-state index contributed by atoms with van der Waals surface area (Å²) in [6.07, 6.45) is 0.186. The fraction of sp³-hybridized carbons (Fsp3) is 0.562. The summed E-state index contributed by atoms with van der Waals surface area (Å²) < 4.78 is 0. The minimum atomic E-state index is -0.742. The van der Waals surface area contributed by atoms with Gasteiger partial charge in [0.2, 0.25) is 0 Å². The quantitative estimate of drug-likeness (QED) is 0.795. The molecule has 0 aliphatic carbocycles. The van der Waals surface area contributed by atoms with Gasteiger partial charge >= 0.3 is 5.97 Å². The Morgan fingerprint density at radius 2 is 1.68 bits per heavy atom. The molecule has 1 aromatic rings. The number of rotatable bonds is 7. The molecule has 0 aliphatic rings. The Kier molecular flexibility index (Phi) is 5.12. The van der Waals surface area contributed by atoms with E-state index in [1.165, 1.54) is 5.56 Å². The Morgan fingerprint density at radius 1 is 1.11 bits per heavy atom. The van der Waals surface area contributed by atoms with Gasteiger partial charge in [-0.2, -0.15) is 0 Å². The highest BCUT2D eigenvalue weighted by Gasteiger charge is 2.24. The third-order valence-electron chi connectivity index (χ3n) is 3.36. The van der Waals surface area contributed by atoms with Crippen LogP contribution < -0.4 is 5.32 Å². The SMILES string of the molecule is CC(C)(CNCC(C)(C)c1ccccc1)CC(=O)O. The van der Waals surface area contributed by atoms with E-state index >= 15 is 0 Å². The van der Waals surface area contributed by atoms with E-state index in [9.17, 15) is 4.79 Å². The summed E-state index contributed by atoms with van der Waals surface area (Å²) in [7, 11) is 0. The lowest BCUT2D eigenvalue weighted by molar-refractivity contribution is -0.139. The van der Waals surface area contributed by atoms with E-state index in [4.69, 9.17) is 5.11 Å². The third kappa shape index (κ3) is 5.43. The molecule has 106 valence electrons. The summed E-state index contributed by atoms with van der Waals surface area (Å²) in [6, 6.07) is 10.4. The highest BCUT2D eigenvalue weighted by Crippen LogP contribution is 2.23. The molecule has 0 heterocycles. The van der Waals surface area contributed by atoms with Gasteiger partial charge in [-0.3, -0.25) is 4.79 Å². The zero-order valence-corrected chi connectivity index (χ0v) is 12.4. The first-order chi connectivity index (χ1) is 8.73. The zero-order chi connectivity index (χ0) is 14.5. The van der Waals surface area contributed by atoms with Gasteiger partial charge in [0.1, 0.15) is 0 Å². The first-order valence-corrected chi connectivity index (χ1v) is 6.71. The molecule has 0 fully saturated rings. The van der Waals surface area contributed by atoms with Crippen LogP contribution in [-0.2, 0) is 10.2 Å². The number of carboxylic acid groups (broad SMARTS) is 1. The average molecular weight is 263 g/mol. The Bertz CT molecular complexity index is 410. The van der Waals surface area contributed by atoms with Crippen LogP contribution in [-0.4, -0.2) is 24.2 Å². The Labute approximate surface area is 116 Å². The van der Waals surface area contributed by atoms with Crippen molar-refractivity contribution in [3.8, 4) is 0 Å². The molecule has 1 aromatic carbocycles. The summed E-state index contributed by atoms with van der Waals surface area (Å²) >= 11 is 0. The summed E-state index contributed by atoms with van der Waals surface area (Å²) in [4.78, 5) is 10.8. The highest BCUT2D eigenvalue weighted by atomic mass is 16.4. The molecular formula is C16H25NO2. The lowest BCUT2D eigenvalue weighted by Gasteiger charge is -2.29. The molecule has 0 saturated carbocycles. The lowest BCUT2D eigenvalue weighted by Crippen LogP contribution is -2.38. The molecule has 2 N–H and O–H groups in total. The van der Waals surface area contributed by atoms with Crippen LogP contribution in [0, 0.1) is 5.41 Å². The van der Waals surface area contributed by atoms with Crippen molar-refractivity contribution in [2.45, 2.75) is 39.5 Å². The molecule has 1 rings (SSSR count).